The first-order chi connectivity index (χ1) is 21.0. The van der Waals surface area contributed by atoms with Crippen LogP contribution in [-0.2, 0) is 19.1 Å². The fourth-order valence-corrected chi connectivity index (χ4v) is 7.35. The molecule has 2 rings (SSSR count). The molecule has 0 aromatic rings. The van der Waals surface area contributed by atoms with Crippen LogP contribution in [0.25, 0.3) is 0 Å². The molecule has 0 amide bonds. The first-order valence-corrected chi connectivity index (χ1v) is 18.5. The standard InChI is InChI=1S/C38H73N3O4/c1-10-35(3,4)20-28-44-33(42)18-26-40-22-12-14-31(16-24-40)37(7,8)30-38(9,39)32-15-13-23-41(25-17-32)27-19-34(43)45-29-21-36(5,6)11-2/h31-32H,10-30,39H2,1-9H3. The van der Waals surface area contributed by atoms with Crippen molar-refractivity contribution in [2.24, 2.45) is 33.8 Å². The highest BCUT2D eigenvalue weighted by Gasteiger charge is 2.40. The van der Waals surface area contributed by atoms with Gasteiger partial charge in [0.2, 0.25) is 0 Å². The van der Waals surface area contributed by atoms with Gasteiger partial charge in [-0.15, -0.1) is 0 Å². The van der Waals surface area contributed by atoms with Crippen LogP contribution in [0.4, 0.5) is 0 Å². The Hall–Kier alpha value is -1.18. The molecule has 2 aliphatic rings. The van der Waals surface area contributed by atoms with Crippen LogP contribution in [0.1, 0.15) is 146 Å². The van der Waals surface area contributed by atoms with Crippen molar-refractivity contribution in [3.05, 3.63) is 0 Å². The summed E-state index contributed by atoms with van der Waals surface area (Å²) in [6.45, 7) is 27.2. The van der Waals surface area contributed by atoms with Gasteiger partial charge in [-0.05, 0) is 119 Å². The van der Waals surface area contributed by atoms with Gasteiger partial charge in [0.15, 0.2) is 0 Å². The number of ether oxygens (including phenoxy) is 2. The molecule has 0 spiro atoms. The van der Waals surface area contributed by atoms with Gasteiger partial charge in [0.25, 0.3) is 0 Å². The second kappa shape index (κ2) is 18.4. The molecule has 0 aromatic carbocycles. The minimum absolute atomic E-state index is 0.0599. The van der Waals surface area contributed by atoms with Crippen LogP contribution in [0.5, 0.6) is 0 Å². The Labute approximate surface area is 278 Å². The summed E-state index contributed by atoms with van der Waals surface area (Å²) in [7, 11) is 0. The average Bonchev–Trinajstić information content (AvgIpc) is 3.36. The first-order valence-electron chi connectivity index (χ1n) is 18.5. The fraction of sp³-hybridized carbons (Fsp3) is 0.947. The summed E-state index contributed by atoms with van der Waals surface area (Å²) >= 11 is 0. The lowest BCUT2D eigenvalue weighted by Crippen LogP contribution is -2.49. The molecule has 3 atom stereocenters. The highest BCUT2D eigenvalue weighted by atomic mass is 16.5. The van der Waals surface area contributed by atoms with Crippen LogP contribution in [0, 0.1) is 28.1 Å². The van der Waals surface area contributed by atoms with E-state index in [1.807, 2.05) is 0 Å². The molecule has 0 aromatic heterocycles. The van der Waals surface area contributed by atoms with Crippen molar-refractivity contribution >= 4 is 11.9 Å². The Morgan fingerprint density at radius 2 is 1.09 bits per heavy atom. The predicted molar refractivity (Wildman–Crippen MR) is 187 cm³/mol. The monoisotopic (exact) mass is 636 g/mol. The third kappa shape index (κ3) is 15.1. The maximum Gasteiger partial charge on any atom is 0.307 e. The summed E-state index contributed by atoms with van der Waals surface area (Å²) in [4.78, 5) is 29.7. The summed E-state index contributed by atoms with van der Waals surface area (Å²) in [6.07, 6.45) is 12.9. The zero-order chi connectivity index (χ0) is 33.7. The van der Waals surface area contributed by atoms with E-state index in [9.17, 15) is 9.59 Å². The van der Waals surface area contributed by atoms with E-state index in [4.69, 9.17) is 15.2 Å². The van der Waals surface area contributed by atoms with E-state index in [-0.39, 0.29) is 33.7 Å². The summed E-state index contributed by atoms with van der Waals surface area (Å²) in [5, 5.41) is 0. The van der Waals surface area contributed by atoms with Crippen LogP contribution >= 0.6 is 0 Å². The van der Waals surface area contributed by atoms with Crippen molar-refractivity contribution < 1.29 is 19.1 Å². The van der Waals surface area contributed by atoms with Gasteiger partial charge in [-0.1, -0.05) is 68.2 Å². The van der Waals surface area contributed by atoms with Crippen molar-refractivity contribution in [1.82, 2.24) is 9.80 Å². The Morgan fingerprint density at radius 1 is 0.667 bits per heavy atom. The lowest BCUT2D eigenvalue weighted by Gasteiger charge is -2.44. The number of nitrogens with two attached hydrogens (primary N) is 1. The van der Waals surface area contributed by atoms with Gasteiger partial charge >= 0.3 is 11.9 Å². The molecule has 0 radical (unpaired) electrons. The molecule has 3 unspecified atom stereocenters. The minimum Gasteiger partial charge on any atom is -0.466 e. The Bertz CT molecular complexity index is 814. The van der Waals surface area contributed by atoms with Gasteiger partial charge in [0.1, 0.15) is 0 Å². The van der Waals surface area contributed by atoms with Gasteiger partial charge < -0.3 is 25.0 Å². The quantitative estimate of drug-likeness (QED) is 0.154. The van der Waals surface area contributed by atoms with E-state index < -0.39 is 0 Å². The van der Waals surface area contributed by atoms with Crippen molar-refractivity contribution in [2.45, 2.75) is 151 Å². The highest BCUT2D eigenvalue weighted by molar-refractivity contribution is 5.69. The van der Waals surface area contributed by atoms with E-state index in [1.54, 1.807) is 0 Å². The second-order valence-electron chi connectivity index (χ2n) is 17.1. The lowest BCUT2D eigenvalue weighted by atomic mass is 9.65. The SMILES string of the molecule is CCC(C)(C)CCOC(=O)CCN1CCCC(C(C)(C)CC(C)(N)C2CCCN(CCC(=O)OCCC(C)(C)CC)CC2)CC1. The Balaban J connectivity index is 1.76. The van der Waals surface area contributed by atoms with Gasteiger partial charge in [-0.3, -0.25) is 9.59 Å². The number of esters is 2. The molecule has 7 heteroatoms. The molecular formula is C38H73N3O4. The van der Waals surface area contributed by atoms with E-state index in [1.165, 1.54) is 12.8 Å². The van der Waals surface area contributed by atoms with Gasteiger partial charge in [-0.2, -0.15) is 0 Å². The molecule has 7 nitrogen and oxygen atoms in total. The van der Waals surface area contributed by atoms with E-state index in [0.29, 0.717) is 37.9 Å². The van der Waals surface area contributed by atoms with Gasteiger partial charge in [-0.25, -0.2) is 0 Å². The molecule has 2 aliphatic heterocycles. The minimum atomic E-state index is -0.216. The number of carbonyl (C=O) groups is 2. The fourth-order valence-electron chi connectivity index (χ4n) is 7.35. The highest BCUT2D eigenvalue weighted by Crippen LogP contribution is 2.43. The molecule has 264 valence electrons. The van der Waals surface area contributed by atoms with Crippen molar-refractivity contribution in [2.75, 3.05) is 52.5 Å². The van der Waals surface area contributed by atoms with E-state index in [0.717, 1.165) is 97.1 Å². The maximum atomic E-state index is 12.4. The zero-order valence-electron chi connectivity index (χ0n) is 31.1. The van der Waals surface area contributed by atoms with Gasteiger partial charge in [0.05, 0.1) is 26.1 Å². The smallest absolute Gasteiger partial charge is 0.307 e. The maximum absolute atomic E-state index is 12.4. The summed E-state index contributed by atoms with van der Waals surface area (Å²) in [5.41, 5.74) is 7.59. The van der Waals surface area contributed by atoms with E-state index >= 15 is 0 Å². The summed E-state index contributed by atoms with van der Waals surface area (Å²) < 4.78 is 11.1. The average molecular weight is 636 g/mol. The normalized spacial score (nSPS) is 22.7. The number of nitrogens with zero attached hydrogens (tertiary/aromatic N) is 2. The molecule has 0 bridgehead atoms. The van der Waals surface area contributed by atoms with Crippen LogP contribution in [0.15, 0.2) is 0 Å². The van der Waals surface area contributed by atoms with Gasteiger partial charge in [0, 0.05) is 18.6 Å². The molecule has 2 N–H and O–H groups in total. The van der Waals surface area contributed by atoms with Crippen LogP contribution < -0.4 is 5.73 Å². The van der Waals surface area contributed by atoms with Crippen molar-refractivity contribution in [3.8, 4) is 0 Å². The molecule has 45 heavy (non-hydrogen) atoms. The van der Waals surface area contributed by atoms with Crippen LogP contribution in [0.3, 0.4) is 0 Å². The topological polar surface area (TPSA) is 85.1 Å². The van der Waals surface area contributed by atoms with Crippen LogP contribution in [-0.4, -0.2) is 79.8 Å². The Kier molecular flexibility index (Phi) is 16.3. The third-order valence-corrected chi connectivity index (χ3v) is 11.8. The summed E-state index contributed by atoms with van der Waals surface area (Å²) in [5.74, 6) is 0.989. The number of carbonyl (C=O) groups excluding carboxylic acids is 2. The number of hydrogen-bond donors (Lipinski definition) is 1. The van der Waals surface area contributed by atoms with Crippen molar-refractivity contribution in [1.29, 1.82) is 0 Å². The first kappa shape index (κ1) is 40.0. The predicted octanol–water partition coefficient (Wildman–Crippen LogP) is 7.84. The number of hydrogen-bond acceptors (Lipinski definition) is 7. The van der Waals surface area contributed by atoms with Crippen LogP contribution in [0.2, 0.25) is 0 Å². The molecule has 0 saturated carbocycles. The second-order valence-corrected chi connectivity index (χ2v) is 17.1. The zero-order valence-corrected chi connectivity index (χ0v) is 31.1. The van der Waals surface area contributed by atoms with Crippen molar-refractivity contribution in [3.63, 3.8) is 0 Å². The molecule has 2 saturated heterocycles. The van der Waals surface area contributed by atoms with E-state index in [2.05, 4.69) is 72.1 Å². The molecular weight excluding hydrogens is 562 g/mol. The number of rotatable bonds is 18. The lowest BCUT2D eigenvalue weighted by molar-refractivity contribution is -0.145. The Morgan fingerprint density at radius 3 is 1.53 bits per heavy atom. The summed E-state index contributed by atoms with van der Waals surface area (Å²) in [6, 6.07) is 0. The molecule has 2 fully saturated rings. The number of likely N-dealkylation sites (tertiary alicyclic amines) is 2. The molecule has 0 aliphatic carbocycles. The third-order valence-electron chi connectivity index (χ3n) is 11.8. The molecule has 2 heterocycles. The largest absolute Gasteiger partial charge is 0.466 e.